The zero-order chi connectivity index (χ0) is 9.42. The largest absolute Gasteiger partial charge is 0.480 e. The van der Waals surface area contributed by atoms with Gasteiger partial charge in [0, 0.05) is 12.6 Å². The van der Waals surface area contributed by atoms with E-state index in [0.29, 0.717) is 13.0 Å². The number of hydrogen-bond acceptors (Lipinski definition) is 3. The van der Waals surface area contributed by atoms with Gasteiger partial charge in [-0.15, -0.1) is 0 Å². The number of carbonyl (C=O) groups is 1. The zero-order valence-corrected chi connectivity index (χ0v) is 7.32. The molecule has 1 unspecified atom stereocenters. The van der Waals surface area contributed by atoms with Crippen LogP contribution < -0.4 is 5.32 Å². The van der Waals surface area contributed by atoms with Crippen molar-refractivity contribution in [1.29, 1.82) is 0 Å². The third-order valence-corrected chi connectivity index (χ3v) is 2.15. The lowest BCUT2D eigenvalue weighted by molar-refractivity contribution is -0.138. The van der Waals surface area contributed by atoms with Crippen molar-refractivity contribution in [3.8, 4) is 0 Å². The predicted octanol–water partition coefficient (Wildman–Crippen LogP) is 0.460. The van der Waals surface area contributed by atoms with Crippen molar-refractivity contribution in [2.24, 2.45) is 0 Å². The minimum Gasteiger partial charge on any atom is -0.480 e. The van der Waals surface area contributed by atoms with Gasteiger partial charge in [0.2, 0.25) is 0 Å². The number of aliphatic carboxylic acids is 1. The molecule has 1 aliphatic heterocycles. The smallest absolute Gasteiger partial charge is 0.326 e. The molecule has 0 bridgehead atoms. The molecule has 1 atom stereocenters. The molecule has 1 aromatic rings. The highest BCUT2D eigenvalue weighted by molar-refractivity contribution is 5.77. The number of fused-ring (bicyclic) bond motifs is 1. The normalized spacial score (nSPS) is 20.5. The fraction of sp³-hybridized carbons (Fsp3) is 0.500. The number of rotatable bonds is 1. The Morgan fingerprint density at radius 2 is 2.62 bits per heavy atom. The Hall–Kier alpha value is -1.52. The average Bonchev–Trinajstić information content (AvgIpc) is 2.42. The molecule has 0 fully saturated rings. The molecule has 0 saturated heterocycles. The van der Waals surface area contributed by atoms with Crippen LogP contribution in [0, 0.1) is 6.92 Å². The van der Waals surface area contributed by atoms with Gasteiger partial charge < -0.3 is 10.4 Å². The minimum absolute atomic E-state index is 0.469. The van der Waals surface area contributed by atoms with Crippen LogP contribution in [0.25, 0.3) is 0 Å². The highest BCUT2D eigenvalue weighted by atomic mass is 16.4. The average molecular weight is 181 g/mol. The first-order valence-corrected chi connectivity index (χ1v) is 4.20. The summed E-state index contributed by atoms with van der Waals surface area (Å²) in [7, 11) is 0. The van der Waals surface area contributed by atoms with Gasteiger partial charge in [0.25, 0.3) is 0 Å². The molecule has 0 amide bonds. The van der Waals surface area contributed by atoms with E-state index in [1.165, 1.54) is 0 Å². The number of aromatic nitrogens is 2. The molecule has 0 radical (unpaired) electrons. The number of hydrogen-bond donors (Lipinski definition) is 2. The fourth-order valence-corrected chi connectivity index (χ4v) is 1.52. The van der Waals surface area contributed by atoms with E-state index in [9.17, 15) is 4.79 Å². The molecule has 5 nitrogen and oxygen atoms in total. The fourth-order valence-electron chi connectivity index (χ4n) is 1.52. The molecule has 2 heterocycles. The van der Waals surface area contributed by atoms with Gasteiger partial charge in [-0.3, -0.25) is 0 Å². The zero-order valence-electron chi connectivity index (χ0n) is 7.32. The van der Waals surface area contributed by atoms with Crippen molar-refractivity contribution in [3.05, 3.63) is 11.8 Å². The molecule has 2 rings (SSSR count). The molecular weight excluding hydrogens is 170 g/mol. The SMILES string of the molecule is Cc1cc2n(n1)CCC(C(=O)O)N2. The number of nitrogens with zero attached hydrogens (tertiary/aromatic N) is 2. The van der Waals surface area contributed by atoms with E-state index in [-0.39, 0.29) is 0 Å². The van der Waals surface area contributed by atoms with E-state index in [1.54, 1.807) is 4.68 Å². The van der Waals surface area contributed by atoms with Gasteiger partial charge in [0.15, 0.2) is 0 Å². The van der Waals surface area contributed by atoms with Crippen molar-refractivity contribution in [2.45, 2.75) is 25.9 Å². The topological polar surface area (TPSA) is 67.2 Å². The number of aryl methyl sites for hydroxylation is 2. The molecular formula is C8H11N3O2. The second-order valence-corrected chi connectivity index (χ2v) is 3.22. The van der Waals surface area contributed by atoms with Crippen molar-refractivity contribution >= 4 is 11.8 Å². The maximum Gasteiger partial charge on any atom is 0.326 e. The van der Waals surface area contributed by atoms with Crippen LogP contribution >= 0.6 is 0 Å². The third-order valence-electron chi connectivity index (χ3n) is 2.15. The summed E-state index contributed by atoms with van der Waals surface area (Å²) in [5.41, 5.74) is 0.911. The Kier molecular flexibility index (Phi) is 1.72. The van der Waals surface area contributed by atoms with E-state index >= 15 is 0 Å². The molecule has 0 aromatic carbocycles. The summed E-state index contributed by atoms with van der Waals surface area (Å²) in [6.45, 7) is 2.57. The highest BCUT2D eigenvalue weighted by Gasteiger charge is 2.23. The first kappa shape index (κ1) is 8.10. The molecule has 0 spiro atoms. The lowest BCUT2D eigenvalue weighted by Crippen LogP contribution is -2.35. The van der Waals surface area contributed by atoms with Gasteiger partial charge in [-0.25, -0.2) is 9.48 Å². The second-order valence-electron chi connectivity index (χ2n) is 3.22. The van der Waals surface area contributed by atoms with Crippen LogP contribution in [0.2, 0.25) is 0 Å². The monoisotopic (exact) mass is 181 g/mol. The van der Waals surface area contributed by atoms with Crippen molar-refractivity contribution in [3.63, 3.8) is 0 Å². The summed E-state index contributed by atoms with van der Waals surface area (Å²) in [5.74, 6) is 0.00116. The number of carboxylic acid groups (broad SMARTS) is 1. The van der Waals surface area contributed by atoms with E-state index < -0.39 is 12.0 Å². The number of carboxylic acids is 1. The van der Waals surface area contributed by atoms with Crippen LogP contribution in [0.1, 0.15) is 12.1 Å². The van der Waals surface area contributed by atoms with E-state index in [4.69, 9.17) is 5.11 Å². The summed E-state index contributed by atoms with van der Waals surface area (Å²) < 4.78 is 1.80. The Bertz CT molecular complexity index is 345. The number of anilines is 1. The number of nitrogens with one attached hydrogen (secondary N) is 1. The van der Waals surface area contributed by atoms with E-state index in [0.717, 1.165) is 11.5 Å². The van der Waals surface area contributed by atoms with E-state index in [1.807, 2.05) is 13.0 Å². The molecule has 1 aliphatic rings. The Balaban J connectivity index is 2.24. The highest BCUT2D eigenvalue weighted by Crippen LogP contribution is 2.18. The van der Waals surface area contributed by atoms with Gasteiger partial charge in [0.1, 0.15) is 11.9 Å². The summed E-state index contributed by atoms with van der Waals surface area (Å²) in [5, 5.41) is 15.9. The van der Waals surface area contributed by atoms with Crippen molar-refractivity contribution in [2.75, 3.05) is 5.32 Å². The van der Waals surface area contributed by atoms with Gasteiger partial charge in [-0.2, -0.15) is 5.10 Å². The Morgan fingerprint density at radius 1 is 1.85 bits per heavy atom. The van der Waals surface area contributed by atoms with Gasteiger partial charge in [-0.1, -0.05) is 0 Å². The van der Waals surface area contributed by atoms with Gasteiger partial charge in [-0.05, 0) is 13.3 Å². The van der Waals surface area contributed by atoms with Crippen molar-refractivity contribution < 1.29 is 9.90 Å². The lowest BCUT2D eigenvalue weighted by Gasteiger charge is -2.21. The van der Waals surface area contributed by atoms with Gasteiger partial charge in [0.05, 0.1) is 5.69 Å². The standard InChI is InChI=1S/C8H11N3O2/c1-5-4-7-9-6(8(12)13)2-3-11(7)10-5/h4,6,9H,2-3H2,1H3,(H,12,13). The third kappa shape index (κ3) is 1.37. The van der Waals surface area contributed by atoms with Crippen LogP contribution in [0.3, 0.4) is 0 Å². The maximum atomic E-state index is 10.7. The molecule has 5 heteroatoms. The molecule has 13 heavy (non-hydrogen) atoms. The summed E-state index contributed by atoms with van der Waals surface area (Å²) >= 11 is 0. The molecule has 1 aromatic heterocycles. The van der Waals surface area contributed by atoms with Crippen LogP contribution in [0.5, 0.6) is 0 Å². The molecule has 70 valence electrons. The van der Waals surface area contributed by atoms with Crippen LogP contribution in [-0.2, 0) is 11.3 Å². The summed E-state index contributed by atoms with van der Waals surface area (Å²) in [6.07, 6.45) is 0.587. The quantitative estimate of drug-likeness (QED) is 0.660. The van der Waals surface area contributed by atoms with Crippen LogP contribution in [0.4, 0.5) is 5.82 Å². The second kappa shape index (κ2) is 2.76. The van der Waals surface area contributed by atoms with Crippen LogP contribution in [-0.4, -0.2) is 26.9 Å². The lowest BCUT2D eigenvalue weighted by atomic mass is 10.2. The first-order chi connectivity index (χ1) is 6.16. The molecule has 0 aliphatic carbocycles. The first-order valence-electron chi connectivity index (χ1n) is 4.20. The van der Waals surface area contributed by atoms with Crippen molar-refractivity contribution in [1.82, 2.24) is 9.78 Å². The minimum atomic E-state index is -0.801. The van der Waals surface area contributed by atoms with Crippen LogP contribution in [0.15, 0.2) is 6.07 Å². The van der Waals surface area contributed by atoms with E-state index in [2.05, 4.69) is 10.4 Å². The maximum absolute atomic E-state index is 10.7. The molecule has 2 N–H and O–H groups in total. The molecule has 0 saturated carbocycles. The summed E-state index contributed by atoms with van der Waals surface area (Å²) in [6, 6.07) is 1.39. The summed E-state index contributed by atoms with van der Waals surface area (Å²) in [4.78, 5) is 10.7. The predicted molar refractivity (Wildman–Crippen MR) is 46.6 cm³/mol. The Labute approximate surface area is 75.4 Å². The Morgan fingerprint density at radius 3 is 3.31 bits per heavy atom. The van der Waals surface area contributed by atoms with Gasteiger partial charge >= 0.3 is 5.97 Å².